The molecule has 1 aromatic rings. The fraction of sp³-hybridized carbons (Fsp3) is 0.100. The Morgan fingerprint density at radius 2 is 2.00 bits per heavy atom. The number of hydrogen-bond acceptors (Lipinski definition) is 2. The normalized spacial score (nSPS) is 8.58. The van der Waals surface area contributed by atoms with Crippen LogP contribution in [0.3, 0.4) is 0 Å². The molecule has 0 aliphatic rings. The van der Waals surface area contributed by atoms with Crippen molar-refractivity contribution in [3.8, 4) is 12.1 Å². The molecule has 0 bridgehead atoms. The average Bonchev–Trinajstić information content (AvgIpc) is 2.16. The summed E-state index contributed by atoms with van der Waals surface area (Å²) in [5, 5.41) is 17.2. The Hall–Kier alpha value is -1.80. The monoisotopic (exact) mass is 155 g/mol. The van der Waals surface area contributed by atoms with E-state index < -0.39 is 0 Å². The van der Waals surface area contributed by atoms with Crippen molar-refractivity contribution in [1.82, 2.24) is 0 Å². The van der Waals surface area contributed by atoms with Crippen molar-refractivity contribution < 1.29 is 0 Å². The summed E-state index contributed by atoms with van der Waals surface area (Å²) in [6.45, 7) is 3.68. The summed E-state index contributed by atoms with van der Waals surface area (Å²) in [4.78, 5) is 0. The van der Waals surface area contributed by atoms with E-state index >= 15 is 0 Å². The van der Waals surface area contributed by atoms with Gasteiger partial charge in [-0.2, -0.15) is 10.5 Å². The third-order valence-electron chi connectivity index (χ3n) is 1.62. The molecule has 2 heteroatoms. The molecule has 0 spiro atoms. The highest BCUT2D eigenvalue weighted by atomic mass is 14.3. The molecule has 0 aliphatic carbocycles. The first-order chi connectivity index (χ1) is 5.81. The predicted octanol–water partition coefficient (Wildman–Crippen LogP) is 1.81. The van der Waals surface area contributed by atoms with Gasteiger partial charge in [-0.15, -0.1) is 0 Å². The molecular formula is C10H7N2. The van der Waals surface area contributed by atoms with E-state index in [4.69, 9.17) is 10.5 Å². The lowest BCUT2D eigenvalue weighted by molar-refractivity contribution is 1.24. The molecule has 1 rings (SSSR count). The van der Waals surface area contributed by atoms with Crippen molar-refractivity contribution in [2.24, 2.45) is 0 Å². The predicted molar refractivity (Wildman–Crippen MR) is 44.9 cm³/mol. The lowest BCUT2D eigenvalue weighted by Crippen LogP contribution is -1.88. The van der Waals surface area contributed by atoms with Gasteiger partial charge in [0.1, 0.15) is 0 Å². The van der Waals surface area contributed by atoms with Gasteiger partial charge in [-0.3, -0.25) is 0 Å². The van der Waals surface area contributed by atoms with E-state index in [1.807, 2.05) is 12.1 Å². The minimum absolute atomic E-state index is 0.540. The van der Waals surface area contributed by atoms with Gasteiger partial charge in [-0.25, -0.2) is 0 Å². The van der Waals surface area contributed by atoms with Crippen molar-refractivity contribution in [1.29, 1.82) is 10.5 Å². The zero-order valence-corrected chi connectivity index (χ0v) is 6.54. The maximum atomic E-state index is 8.65. The molecule has 0 aromatic heterocycles. The number of rotatable bonds is 1. The third-order valence-corrected chi connectivity index (χ3v) is 1.62. The van der Waals surface area contributed by atoms with Crippen LogP contribution in [0.1, 0.15) is 16.7 Å². The van der Waals surface area contributed by atoms with Crippen LogP contribution in [-0.2, 0) is 6.42 Å². The Labute approximate surface area is 71.7 Å². The van der Waals surface area contributed by atoms with Crippen molar-refractivity contribution >= 4 is 0 Å². The quantitative estimate of drug-likeness (QED) is 0.620. The average molecular weight is 155 g/mol. The van der Waals surface area contributed by atoms with Crippen LogP contribution in [0.2, 0.25) is 0 Å². The summed E-state index contributed by atoms with van der Waals surface area (Å²) in [5.41, 5.74) is 2.01. The van der Waals surface area contributed by atoms with Crippen LogP contribution in [0.4, 0.5) is 0 Å². The highest BCUT2D eigenvalue weighted by Crippen LogP contribution is 2.10. The van der Waals surface area contributed by atoms with Crippen molar-refractivity contribution in [3.05, 3.63) is 41.8 Å². The molecule has 0 heterocycles. The molecule has 57 valence electrons. The zero-order valence-electron chi connectivity index (χ0n) is 6.54. The minimum Gasteiger partial charge on any atom is -0.192 e. The second-order valence-electron chi connectivity index (χ2n) is 2.35. The van der Waals surface area contributed by atoms with E-state index in [2.05, 4.69) is 6.92 Å². The summed E-state index contributed by atoms with van der Waals surface area (Å²) in [5.74, 6) is 0. The first kappa shape index (κ1) is 8.30. The molecule has 1 aromatic carbocycles. The van der Waals surface area contributed by atoms with Crippen LogP contribution in [-0.4, -0.2) is 0 Å². The van der Waals surface area contributed by atoms with Gasteiger partial charge in [0.25, 0.3) is 0 Å². The number of hydrogen-bond donors (Lipinski definition) is 0. The summed E-state index contributed by atoms with van der Waals surface area (Å²) < 4.78 is 0. The van der Waals surface area contributed by atoms with Gasteiger partial charge < -0.3 is 0 Å². The molecule has 0 saturated carbocycles. The van der Waals surface area contributed by atoms with Crippen molar-refractivity contribution in [3.63, 3.8) is 0 Å². The number of nitrogens with zero attached hydrogens (tertiary/aromatic N) is 2. The van der Waals surface area contributed by atoms with Gasteiger partial charge in [-0.05, 0) is 37.1 Å². The van der Waals surface area contributed by atoms with Gasteiger partial charge in [0, 0.05) is 0 Å². The smallest absolute Gasteiger partial charge is 0.0994 e. The number of nitriles is 2. The Bertz CT molecular complexity index is 366. The van der Waals surface area contributed by atoms with Crippen molar-refractivity contribution in [2.75, 3.05) is 0 Å². The summed E-state index contributed by atoms with van der Waals surface area (Å²) in [6, 6.07) is 9.05. The first-order valence-electron chi connectivity index (χ1n) is 3.54. The second-order valence-corrected chi connectivity index (χ2v) is 2.35. The topological polar surface area (TPSA) is 47.6 Å². The molecule has 1 radical (unpaired) electrons. The Morgan fingerprint density at radius 1 is 1.25 bits per heavy atom. The van der Waals surface area contributed by atoms with E-state index in [1.54, 1.807) is 18.2 Å². The Kier molecular flexibility index (Phi) is 2.46. The molecule has 0 fully saturated rings. The number of benzene rings is 1. The van der Waals surface area contributed by atoms with Crippen LogP contribution in [0.5, 0.6) is 0 Å². The summed E-state index contributed by atoms with van der Waals surface area (Å²) in [6.07, 6.45) is 0.540. The van der Waals surface area contributed by atoms with Crippen LogP contribution >= 0.6 is 0 Å². The van der Waals surface area contributed by atoms with Gasteiger partial charge in [0.15, 0.2) is 0 Å². The van der Waals surface area contributed by atoms with E-state index in [-0.39, 0.29) is 0 Å². The highest BCUT2D eigenvalue weighted by molar-refractivity contribution is 5.44. The Balaban J connectivity index is 3.24. The van der Waals surface area contributed by atoms with Crippen LogP contribution < -0.4 is 0 Å². The lowest BCUT2D eigenvalue weighted by Gasteiger charge is -1.98. The fourth-order valence-corrected chi connectivity index (χ4v) is 0.979. The van der Waals surface area contributed by atoms with Gasteiger partial charge in [0.2, 0.25) is 0 Å². The van der Waals surface area contributed by atoms with Crippen LogP contribution in [0.25, 0.3) is 0 Å². The molecule has 0 saturated heterocycles. The molecule has 0 atom stereocenters. The standard InChI is InChI=1S/C10H7N2/c1-2-9-5-8(6-11)3-4-10(9)7-12/h3-5H,1-2H2. The van der Waals surface area contributed by atoms with Gasteiger partial charge >= 0.3 is 0 Å². The largest absolute Gasteiger partial charge is 0.192 e. The maximum Gasteiger partial charge on any atom is 0.0994 e. The maximum absolute atomic E-state index is 8.65. The molecule has 0 N–H and O–H groups in total. The Morgan fingerprint density at radius 3 is 2.50 bits per heavy atom. The summed E-state index contributed by atoms with van der Waals surface area (Å²) in [7, 11) is 0. The fourth-order valence-electron chi connectivity index (χ4n) is 0.979. The SMILES string of the molecule is [CH2]Cc1cc(C#N)ccc1C#N. The van der Waals surface area contributed by atoms with E-state index in [0.29, 0.717) is 17.5 Å². The molecule has 0 unspecified atom stereocenters. The molecule has 0 aliphatic heterocycles. The van der Waals surface area contributed by atoms with Gasteiger partial charge in [-0.1, -0.05) is 0 Å². The highest BCUT2D eigenvalue weighted by Gasteiger charge is 2.00. The van der Waals surface area contributed by atoms with Crippen LogP contribution in [0, 0.1) is 29.6 Å². The van der Waals surface area contributed by atoms with E-state index in [1.165, 1.54) is 0 Å². The molecule has 2 nitrogen and oxygen atoms in total. The minimum atomic E-state index is 0.540. The van der Waals surface area contributed by atoms with Crippen molar-refractivity contribution in [2.45, 2.75) is 6.42 Å². The van der Waals surface area contributed by atoms with E-state index in [0.717, 1.165) is 5.56 Å². The lowest BCUT2D eigenvalue weighted by atomic mass is 10.0. The van der Waals surface area contributed by atoms with E-state index in [9.17, 15) is 0 Å². The third kappa shape index (κ3) is 1.44. The van der Waals surface area contributed by atoms with Gasteiger partial charge in [0.05, 0.1) is 23.3 Å². The second kappa shape index (κ2) is 3.55. The molecule has 0 amide bonds. The zero-order chi connectivity index (χ0) is 8.97. The first-order valence-corrected chi connectivity index (χ1v) is 3.54. The molecule has 12 heavy (non-hydrogen) atoms. The molecular weight excluding hydrogens is 148 g/mol. The van der Waals surface area contributed by atoms with Crippen LogP contribution in [0.15, 0.2) is 18.2 Å². The summed E-state index contributed by atoms with van der Waals surface area (Å²) >= 11 is 0.